The number of H-pyrrole nitrogens is 1. The quantitative estimate of drug-likeness (QED) is 0.109. The number of nitrogens with one attached hydrogen (secondary N) is 1. The second kappa shape index (κ2) is 15.6. The lowest BCUT2D eigenvalue weighted by atomic mass is 10.0. The zero-order valence-corrected chi connectivity index (χ0v) is 29.0. The SMILES string of the molecule is Cc1ncc(COP(=O)(O)O)c(CN=C2[C@@H](C)O[C@H](OP(=O)(O)OP(=O)(O)OC[C@H]3O[C@@H](n4cc(C)c(=O)[nH]c4=O)C[C@@H]3O)[C@H](O)[C@H]2O)c1O. The molecule has 2 aliphatic rings. The van der Waals surface area contributed by atoms with Gasteiger partial charge in [-0.15, -0.1) is 0 Å². The van der Waals surface area contributed by atoms with E-state index in [0.717, 1.165) is 4.57 Å². The summed E-state index contributed by atoms with van der Waals surface area (Å²) in [6.07, 6.45) is -9.12. The molecule has 4 heterocycles. The molecule has 0 amide bonds. The summed E-state index contributed by atoms with van der Waals surface area (Å²) in [5.74, 6) is -0.399. The third kappa shape index (κ3) is 10.1. The average Bonchev–Trinajstić information content (AvgIpc) is 3.36. The Balaban J connectivity index is 1.37. The van der Waals surface area contributed by atoms with Gasteiger partial charge in [0.1, 0.15) is 30.3 Å². The minimum atomic E-state index is -5.62. The maximum atomic E-state index is 12.6. The molecule has 26 heteroatoms. The molecule has 9 atom stereocenters. The summed E-state index contributed by atoms with van der Waals surface area (Å²) in [6, 6.07) is 0. The molecular weight excluding hydrogens is 741 g/mol. The molecule has 0 bridgehead atoms. The first-order valence-corrected chi connectivity index (χ1v) is 18.9. The molecule has 2 aliphatic heterocycles. The smallest absolute Gasteiger partial charge is 0.483 e. The van der Waals surface area contributed by atoms with Gasteiger partial charge in [-0.2, -0.15) is 4.31 Å². The predicted octanol–water partition coefficient (Wildman–Crippen LogP) is -1.13. The first-order valence-electron chi connectivity index (χ1n) is 14.3. The van der Waals surface area contributed by atoms with Gasteiger partial charge in [-0.05, 0) is 20.8 Å². The first-order chi connectivity index (χ1) is 23.1. The summed E-state index contributed by atoms with van der Waals surface area (Å²) in [6.45, 7) is 2.13. The Morgan fingerprint density at radius 1 is 1.06 bits per heavy atom. The van der Waals surface area contributed by atoms with E-state index in [9.17, 15) is 53.5 Å². The van der Waals surface area contributed by atoms with E-state index in [4.69, 9.17) is 23.8 Å². The van der Waals surface area contributed by atoms with Crippen molar-refractivity contribution in [3.63, 3.8) is 0 Å². The fraction of sp³-hybridized carbons (Fsp3) is 0.583. The number of aliphatic hydroxyl groups is 3. The molecule has 0 spiro atoms. The molecule has 0 aliphatic carbocycles. The van der Waals surface area contributed by atoms with E-state index in [0.29, 0.717) is 0 Å². The highest BCUT2D eigenvalue weighted by atomic mass is 31.3. The summed E-state index contributed by atoms with van der Waals surface area (Å²) in [4.78, 5) is 72.1. The Labute approximate surface area is 281 Å². The van der Waals surface area contributed by atoms with Gasteiger partial charge in [0.25, 0.3) is 5.56 Å². The van der Waals surface area contributed by atoms with Gasteiger partial charge in [-0.1, -0.05) is 0 Å². The van der Waals surface area contributed by atoms with Crippen LogP contribution in [0.5, 0.6) is 5.75 Å². The number of hydrogen-bond acceptors (Lipinski definition) is 17. The summed E-state index contributed by atoms with van der Waals surface area (Å²) in [5, 5.41) is 42.1. The number of rotatable bonds is 13. The van der Waals surface area contributed by atoms with Crippen molar-refractivity contribution in [1.29, 1.82) is 0 Å². The van der Waals surface area contributed by atoms with Gasteiger partial charge in [-0.3, -0.25) is 37.9 Å². The number of phosphoric acid groups is 3. The molecule has 0 saturated carbocycles. The lowest BCUT2D eigenvalue weighted by Crippen LogP contribution is -2.54. The van der Waals surface area contributed by atoms with Crippen molar-refractivity contribution in [2.45, 2.75) is 83.4 Å². The highest BCUT2D eigenvalue weighted by Gasteiger charge is 2.47. The van der Waals surface area contributed by atoms with Gasteiger partial charge >= 0.3 is 29.2 Å². The fourth-order valence-electron chi connectivity index (χ4n) is 4.84. The second-order valence-electron chi connectivity index (χ2n) is 11.1. The van der Waals surface area contributed by atoms with Crippen LogP contribution >= 0.6 is 23.5 Å². The fourth-order valence-corrected chi connectivity index (χ4v) is 7.31. The van der Waals surface area contributed by atoms with E-state index in [1.807, 2.05) is 0 Å². The Morgan fingerprint density at radius 2 is 1.74 bits per heavy atom. The molecule has 2 fully saturated rings. The van der Waals surface area contributed by atoms with E-state index in [1.165, 1.54) is 33.2 Å². The monoisotopic (exact) mass is 776 g/mol. The van der Waals surface area contributed by atoms with Crippen molar-refractivity contribution in [1.82, 2.24) is 14.5 Å². The van der Waals surface area contributed by atoms with Crippen LogP contribution < -0.4 is 11.2 Å². The largest absolute Gasteiger partial charge is 0.506 e. The zero-order valence-electron chi connectivity index (χ0n) is 26.3. The number of aliphatic hydroxyl groups excluding tert-OH is 3. The third-order valence-corrected chi connectivity index (χ3v) is 10.5. The van der Waals surface area contributed by atoms with E-state index >= 15 is 0 Å². The van der Waals surface area contributed by atoms with Crippen molar-refractivity contribution in [2.24, 2.45) is 4.99 Å². The first kappa shape index (κ1) is 40.2. The van der Waals surface area contributed by atoms with Crippen LogP contribution in [0.15, 0.2) is 27.0 Å². The number of hydrogen-bond donors (Lipinski definition) is 9. The molecule has 2 saturated heterocycles. The van der Waals surface area contributed by atoms with E-state index in [2.05, 4.69) is 28.3 Å². The van der Waals surface area contributed by atoms with Crippen LogP contribution in [0.4, 0.5) is 0 Å². The van der Waals surface area contributed by atoms with Gasteiger partial charge in [0.05, 0.1) is 43.4 Å². The Hall–Kier alpha value is -2.53. The van der Waals surface area contributed by atoms with Gasteiger partial charge in [0, 0.05) is 35.5 Å². The molecular formula is C24H35N4O19P3. The lowest BCUT2D eigenvalue weighted by molar-refractivity contribution is -0.196. The second-order valence-corrected chi connectivity index (χ2v) is 15.3. The van der Waals surface area contributed by atoms with Crippen LogP contribution in [-0.4, -0.2) is 104 Å². The predicted molar refractivity (Wildman–Crippen MR) is 163 cm³/mol. The number of nitrogens with zero attached hydrogens (tertiary/aromatic N) is 3. The topological polar surface area (TPSA) is 349 Å². The third-order valence-electron chi connectivity index (χ3n) is 7.40. The normalized spacial score (nSPS) is 29.2. The Kier molecular flexibility index (Phi) is 12.6. The van der Waals surface area contributed by atoms with E-state index in [1.54, 1.807) is 0 Å². The van der Waals surface area contributed by atoms with Gasteiger partial charge in [0.15, 0.2) is 6.29 Å². The summed E-state index contributed by atoms with van der Waals surface area (Å²) >= 11 is 0. The molecule has 2 aromatic heterocycles. The molecule has 23 nitrogen and oxygen atoms in total. The van der Waals surface area contributed by atoms with E-state index < -0.39 is 103 Å². The molecule has 0 aromatic carbocycles. The number of aryl methyl sites for hydroxylation is 2. The highest BCUT2D eigenvalue weighted by molar-refractivity contribution is 7.61. The maximum Gasteiger partial charge on any atom is 0.483 e. The van der Waals surface area contributed by atoms with Crippen molar-refractivity contribution in [3.8, 4) is 5.75 Å². The number of ether oxygens (including phenoxy) is 2. The van der Waals surface area contributed by atoms with Crippen LogP contribution in [0.3, 0.4) is 0 Å². The Bertz CT molecular complexity index is 1860. The number of phosphoric ester groups is 3. The summed E-state index contributed by atoms with van der Waals surface area (Å²) in [5.41, 5.74) is -1.42. The van der Waals surface area contributed by atoms with Crippen molar-refractivity contribution in [3.05, 3.63) is 55.6 Å². The number of aromatic amines is 1. The van der Waals surface area contributed by atoms with Crippen LogP contribution in [0.1, 0.15) is 42.0 Å². The molecule has 9 N–H and O–H groups in total. The van der Waals surface area contributed by atoms with Crippen LogP contribution in [0.25, 0.3) is 0 Å². The minimum Gasteiger partial charge on any atom is -0.506 e. The molecule has 2 unspecified atom stereocenters. The van der Waals surface area contributed by atoms with Crippen LogP contribution in [0, 0.1) is 13.8 Å². The number of aromatic nitrogens is 3. The standard InChI is InChI=1S/C24H35N4O19P3/c1-10-7-28(24(34)27-22(10)33)17-4-15(29)16(45-17)9-43-49(38,39)47-50(40,41)46-23-21(32)20(31)18(12(3)44-23)26-6-14-13(8-42-48(35,36)37)5-25-11(2)19(14)30/h5,7,12,15-17,20-21,23,29-32H,4,6,8-9H2,1-3H3,(H,38,39)(H,40,41)(H,27,33,34)(H2,35,36,37)/t12-,15+,16-,17-,20+,21-,23-/m1/s1. The summed E-state index contributed by atoms with van der Waals surface area (Å²) in [7, 11) is -16.0. The van der Waals surface area contributed by atoms with Crippen molar-refractivity contribution in [2.75, 3.05) is 6.61 Å². The van der Waals surface area contributed by atoms with Gasteiger partial charge < -0.3 is 49.5 Å². The number of aliphatic imine (C=N–C) groups is 1. The molecule has 50 heavy (non-hydrogen) atoms. The maximum absolute atomic E-state index is 12.6. The Morgan fingerprint density at radius 3 is 2.40 bits per heavy atom. The van der Waals surface area contributed by atoms with Crippen LogP contribution in [-0.2, 0) is 54.2 Å². The molecule has 2 aromatic rings. The van der Waals surface area contributed by atoms with Crippen molar-refractivity contribution >= 4 is 29.2 Å². The minimum absolute atomic E-state index is 0.00382. The number of pyridine rings is 1. The highest BCUT2D eigenvalue weighted by Crippen LogP contribution is 2.61. The molecule has 280 valence electrons. The number of aromatic hydroxyl groups is 1. The van der Waals surface area contributed by atoms with Gasteiger partial charge in [-0.25, -0.2) is 18.5 Å². The van der Waals surface area contributed by atoms with Gasteiger partial charge in [0.2, 0.25) is 0 Å². The van der Waals surface area contributed by atoms with Crippen molar-refractivity contribution < 1.29 is 81.1 Å². The average molecular weight is 776 g/mol. The van der Waals surface area contributed by atoms with E-state index in [-0.39, 0.29) is 34.5 Å². The lowest BCUT2D eigenvalue weighted by Gasteiger charge is -2.37. The summed E-state index contributed by atoms with van der Waals surface area (Å²) < 4.78 is 66.2. The zero-order chi connectivity index (χ0) is 37.3. The molecule has 4 rings (SSSR count). The van der Waals surface area contributed by atoms with Crippen LogP contribution in [0.2, 0.25) is 0 Å². The molecule has 0 radical (unpaired) electrons.